The van der Waals surface area contributed by atoms with E-state index in [0.717, 1.165) is 12.1 Å². The highest BCUT2D eigenvalue weighted by atomic mass is 19.4. The van der Waals surface area contributed by atoms with Crippen LogP contribution in [0.4, 0.5) is 18.9 Å². The molecule has 6 nitrogen and oxygen atoms in total. The van der Waals surface area contributed by atoms with Gasteiger partial charge in [-0.3, -0.25) is 4.79 Å². The summed E-state index contributed by atoms with van der Waals surface area (Å²) in [7, 11) is 0. The number of pyridine rings is 1. The van der Waals surface area contributed by atoms with Gasteiger partial charge >= 0.3 is 6.18 Å². The number of nitriles is 1. The van der Waals surface area contributed by atoms with E-state index in [4.69, 9.17) is 5.26 Å². The standard InChI is InChI=1S/C16H14F3N5O/c17-16(18,19)9-1-2-13-12(3-9)14(4-10(5-20)23-13)22-8-15(25)24-11-6-21-7-11/h1-4,11,21H,6-8H2,(H,22,23)(H,24,25). The normalized spacial score (nSPS) is 14.6. The predicted molar refractivity (Wildman–Crippen MR) is 84.8 cm³/mol. The van der Waals surface area contributed by atoms with E-state index >= 15 is 0 Å². The number of alkyl halides is 3. The Kier molecular flexibility index (Phi) is 4.46. The van der Waals surface area contributed by atoms with Crippen LogP contribution in [-0.4, -0.2) is 36.6 Å². The third kappa shape index (κ3) is 3.80. The van der Waals surface area contributed by atoms with Crippen molar-refractivity contribution in [2.75, 3.05) is 25.0 Å². The average molecular weight is 349 g/mol. The Balaban J connectivity index is 1.88. The summed E-state index contributed by atoms with van der Waals surface area (Å²) >= 11 is 0. The van der Waals surface area contributed by atoms with Gasteiger partial charge in [0.2, 0.25) is 5.91 Å². The fourth-order valence-electron chi connectivity index (χ4n) is 2.45. The number of hydrogen-bond acceptors (Lipinski definition) is 5. The fourth-order valence-corrected chi connectivity index (χ4v) is 2.45. The van der Waals surface area contributed by atoms with Crippen molar-refractivity contribution in [2.24, 2.45) is 0 Å². The molecule has 2 heterocycles. The molecule has 0 unspecified atom stereocenters. The first kappa shape index (κ1) is 17.0. The van der Waals surface area contributed by atoms with Crippen LogP contribution in [0.2, 0.25) is 0 Å². The molecule has 1 fully saturated rings. The van der Waals surface area contributed by atoms with Crippen molar-refractivity contribution in [2.45, 2.75) is 12.2 Å². The quantitative estimate of drug-likeness (QED) is 0.781. The molecule has 0 aliphatic carbocycles. The van der Waals surface area contributed by atoms with Crippen LogP contribution in [0.15, 0.2) is 24.3 Å². The van der Waals surface area contributed by atoms with Crippen LogP contribution < -0.4 is 16.0 Å². The number of anilines is 1. The van der Waals surface area contributed by atoms with Gasteiger partial charge in [-0.15, -0.1) is 0 Å². The maximum atomic E-state index is 12.9. The third-order valence-corrected chi connectivity index (χ3v) is 3.84. The largest absolute Gasteiger partial charge is 0.416 e. The van der Waals surface area contributed by atoms with Crippen molar-refractivity contribution in [1.29, 1.82) is 5.26 Å². The molecular weight excluding hydrogens is 335 g/mol. The number of halogens is 3. The first-order chi connectivity index (χ1) is 11.9. The smallest absolute Gasteiger partial charge is 0.376 e. The van der Waals surface area contributed by atoms with Gasteiger partial charge in [-0.25, -0.2) is 4.98 Å². The first-order valence-electron chi connectivity index (χ1n) is 7.53. The molecule has 0 atom stereocenters. The second-order valence-electron chi connectivity index (χ2n) is 5.67. The minimum atomic E-state index is -4.49. The van der Waals surface area contributed by atoms with Crippen LogP contribution in [-0.2, 0) is 11.0 Å². The van der Waals surface area contributed by atoms with E-state index in [-0.39, 0.29) is 40.8 Å². The summed E-state index contributed by atoms with van der Waals surface area (Å²) in [6.45, 7) is 1.27. The number of rotatable bonds is 4. The molecule has 9 heteroatoms. The van der Waals surface area contributed by atoms with Gasteiger partial charge in [0.25, 0.3) is 0 Å². The van der Waals surface area contributed by atoms with E-state index in [2.05, 4.69) is 20.9 Å². The Morgan fingerprint density at radius 2 is 2.12 bits per heavy atom. The Bertz CT molecular complexity index is 855. The van der Waals surface area contributed by atoms with Crippen molar-refractivity contribution in [1.82, 2.24) is 15.6 Å². The maximum Gasteiger partial charge on any atom is 0.416 e. The van der Waals surface area contributed by atoms with Crippen molar-refractivity contribution in [3.05, 3.63) is 35.5 Å². The number of carbonyl (C=O) groups is 1. The number of nitrogens with one attached hydrogen (secondary N) is 3. The average Bonchev–Trinajstić information content (AvgIpc) is 2.54. The Labute approximate surface area is 141 Å². The number of aromatic nitrogens is 1. The van der Waals surface area contributed by atoms with Gasteiger partial charge in [0, 0.05) is 24.2 Å². The number of amides is 1. The molecule has 2 aromatic rings. The number of carbonyl (C=O) groups excluding carboxylic acids is 1. The zero-order chi connectivity index (χ0) is 18.0. The Morgan fingerprint density at radius 1 is 1.36 bits per heavy atom. The molecule has 0 radical (unpaired) electrons. The molecular formula is C16H14F3N5O. The number of hydrogen-bond donors (Lipinski definition) is 3. The topological polar surface area (TPSA) is 89.8 Å². The van der Waals surface area contributed by atoms with Crippen LogP contribution in [0.5, 0.6) is 0 Å². The molecule has 25 heavy (non-hydrogen) atoms. The van der Waals surface area contributed by atoms with Gasteiger partial charge in [-0.1, -0.05) is 0 Å². The lowest BCUT2D eigenvalue weighted by atomic mass is 10.1. The highest BCUT2D eigenvalue weighted by Gasteiger charge is 2.30. The summed E-state index contributed by atoms with van der Waals surface area (Å²) in [6.07, 6.45) is -4.49. The Hall–Kier alpha value is -2.86. The fraction of sp³-hybridized carbons (Fsp3) is 0.312. The van der Waals surface area contributed by atoms with E-state index in [9.17, 15) is 18.0 Å². The lowest BCUT2D eigenvalue weighted by molar-refractivity contribution is -0.137. The minimum Gasteiger partial charge on any atom is -0.376 e. The maximum absolute atomic E-state index is 12.9. The highest BCUT2D eigenvalue weighted by Crippen LogP contribution is 2.33. The van der Waals surface area contributed by atoms with Gasteiger partial charge < -0.3 is 16.0 Å². The van der Waals surface area contributed by atoms with E-state index in [1.54, 1.807) is 0 Å². The molecule has 0 spiro atoms. The molecule has 1 aromatic heterocycles. The van der Waals surface area contributed by atoms with E-state index in [1.807, 2.05) is 6.07 Å². The SMILES string of the molecule is N#Cc1cc(NCC(=O)NC2CNC2)c2cc(C(F)(F)F)ccc2n1. The highest BCUT2D eigenvalue weighted by molar-refractivity contribution is 5.94. The lowest BCUT2D eigenvalue weighted by Gasteiger charge is -2.28. The molecule has 1 aliphatic rings. The number of benzene rings is 1. The van der Waals surface area contributed by atoms with Crippen LogP contribution in [0.3, 0.4) is 0 Å². The lowest BCUT2D eigenvalue weighted by Crippen LogP contribution is -2.57. The van der Waals surface area contributed by atoms with E-state index < -0.39 is 11.7 Å². The summed E-state index contributed by atoms with van der Waals surface area (Å²) in [5.74, 6) is -0.276. The molecule has 3 N–H and O–H groups in total. The van der Waals surface area contributed by atoms with Gasteiger partial charge in [-0.2, -0.15) is 18.4 Å². The van der Waals surface area contributed by atoms with Crippen LogP contribution >= 0.6 is 0 Å². The molecule has 1 aromatic carbocycles. The minimum absolute atomic E-state index is 0.0540. The molecule has 1 aliphatic heterocycles. The zero-order valence-electron chi connectivity index (χ0n) is 12.9. The predicted octanol–water partition coefficient (Wildman–Crippen LogP) is 1.63. The molecule has 0 bridgehead atoms. The number of nitrogens with zero attached hydrogens (tertiary/aromatic N) is 2. The summed E-state index contributed by atoms with van der Waals surface area (Å²) in [6, 6.07) is 6.34. The Morgan fingerprint density at radius 3 is 2.72 bits per heavy atom. The summed E-state index contributed by atoms with van der Waals surface area (Å²) < 4.78 is 38.8. The summed E-state index contributed by atoms with van der Waals surface area (Å²) in [5.41, 5.74) is -0.259. The van der Waals surface area contributed by atoms with Gasteiger partial charge in [0.1, 0.15) is 11.8 Å². The third-order valence-electron chi connectivity index (χ3n) is 3.84. The van der Waals surface area contributed by atoms with Gasteiger partial charge in [0.05, 0.1) is 23.7 Å². The van der Waals surface area contributed by atoms with E-state index in [1.165, 1.54) is 12.1 Å². The molecule has 0 saturated carbocycles. The second-order valence-corrected chi connectivity index (χ2v) is 5.67. The molecule has 3 rings (SSSR count). The van der Waals surface area contributed by atoms with Crippen molar-refractivity contribution < 1.29 is 18.0 Å². The van der Waals surface area contributed by atoms with Crippen LogP contribution in [0.25, 0.3) is 10.9 Å². The van der Waals surface area contributed by atoms with Crippen LogP contribution in [0.1, 0.15) is 11.3 Å². The first-order valence-corrected chi connectivity index (χ1v) is 7.53. The van der Waals surface area contributed by atoms with Crippen molar-refractivity contribution in [3.8, 4) is 6.07 Å². The van der Waals surface area contributed by atoms with Gasteiger partial charge in [0.15, 0.2) is 0 Å². The zero-order valence-corrected chi connectivity index (χ0v) is 12.9. The number of fused-ring (bicyclic) bond motifs is 1. The van der Waals surface area contributed by atoms with Gasteiger partial charge in [-0.05, 0) is 24.3 Å². The summed E-state index contributed by atoms with van der Waals surface area (Å²) in [5, 5.41) is 17.8. The molecule has 130 valence electrons. The van der Waals surface area contributed by atoms with Crippen LogP contribution in [0, 0.1) is 11.3 Å². The van der Waals surface area contributed by atoms with E-state index in [0.29, 0.717) is 13.1 Å². The van der Waals surface area contributed by atoms with Crippen molar-refractivity contribution >= 4 is 22.5 Å². The molecule has 1 saturated heterocycles. The monoisotopic (exact) mass is 349 g/mol. The molecule has 1 amide bonds. The second kappa shape index (κ2) is 6.57. The summed E-state index contributed by atoms with van der Waals surface area (Å²) in [4.78, 5) is 15.9. The van der Waals surface area contributed by atoms with Crippen molar-refractivity contribution in [3.63, 3.8) is 0 Å².